The van der Waals surface area contributed by atoms with Crippen LogP contribution in [0.1, 0.15) is 0 Å². The zero-order valence-electron chi connectivity index (χ0n) is 12.0. The number of hydrogen-bond acceptors (Lipinski definition) is 5. The number of ether oxygens (including phenoxy) is 1. The minimum atomic E-state index is -3.32. The van der Waals surface area contributed by atoms with Gasteiger partial charge in [-0.15, -0.1) is 0 Å². The van der Waals surface area contributed by atoms with Gasteiger partial charge < -0.3 is 15.4 Å². The number of nitrogens with zero attached hydrogens (tertiary/aromatic N) is 1. The first-order valence-corrected chi connectivity index (χ1v) is 8.16. The van der Waals surface area contributed by atoms with E-state index in [0.29, 0.717) is 17.3 Å². The number of amides is 2. The van der Waals surface area contributed by atoms with Crippen molar-refractivity contribution in [3.05, 3.63) is 42.6 Å². The van der Waals surface area contributed by atoms with Gasteiger partial charge in [0.2, 0.25) is 5.88 Å². The highest BCUT2D eigenvalue weighted by Crippen LogP contribution is 2.16. The van der Waals surface area contributed by atoms with E-state index in [1.54, 1.807) is 24.3 Å². The Morgan fingerprint density at radius 2 is 1.86 bits per heavy atom. The van der Waals surface area contributed by atoms with Crippen LogP contribution in [0.3, 0.4) is 0 Å². The summed E-state index contributed by atoms with van der Waals surface area (Å²) in [5.41, 5.74) is 0.861. The van der Waals surface area contributed by atoms with Gasteiger partial charge in [0, 0.05) is 18.0 Å². The standard InChI is InChI=1S/C14H15N3O4S/c1-21-13-7-6-11(9-15-13)17-14(18)16-10-4-3-5-12(8-10)22(2,19)20/h3-9H,1-2H3,(H2,16,17,18). The summed E-state index contributed by atoms with van der Waals surface area (Å²) in [6, 6.07) is 8.75. The first kappa shape index (κ1) is 15.8. The van der Waals surface area contributed by atoms with Crippen molar-refractivity contribution in [1.29, 1.82) is 0 Å². The maximum absolute atomic E-state index is 11.9. The Kier molecular flexibility index (Phi) is 4.62. The summed E-state index contributed by atoms with van der Waals surface area (Å²) in [5, 5.41) is 5.14. The normalized spacial score (nSPS) is 10.8. The largest absolute Gasteiger partial charge is 0.481 e. The summed E-state index contributed by atoms with van der Waals surface area (Å²) in [5.74, 6) is 0.437. The molecule has 0 saturated heterocycles. The minimum absolute atomic E-state index is 0.136. The molecule has 8 heteroatoms. The predicted octanol–water partition coefficient (Wildman–Crippen LogP) is 2.14. The third-order valence-electron chi connectivity index (χ3n) is 2.72. The van der Waals surface area contributed by atoms with E-state index < -0.39 is 15.9 Å². The molecule has 0 spiro atoms. The molecule has 1 aromatic carbocycles. The molecule has 2 amide bonds. The third kappa shape index (κ3) is 4.19. The van der Waals surface area contributed by atoms with Crippen LogP contribution in [0.5, 0.6) is 5.88 Å². The number of carbonyl (C=O) groups excluding carboxylic acids is 1. The van der Waals surface area contributed by atoms with Crippen molar-refractivity contribution in [2.45, 2.75) is 4.90 Å². The molecule has 0 atom stereocenters. The fourth-order valence-electron chi connectivity index (χ4n) is 1.67. The number of anilines is 2. The van der Waals surface area contributed by atoms with Gasteiger partial charge in [0.25, 0.3) is 0 Å². The van der Waals surface area contributed by atoms with Gasteiger partial charge in [-0.1, -0.05) is 6.07 Å². The molecule has 0 aliphatic carbocycles. The summed E-state index contributed by atoms with van der Waals surface area (Å²) in [6.45, 7) is 0. The van der Waals surface area contributed by atoms with E-state index in [2.05, 4.69) is 15.6 Å². The van der Waals surface area contributed by atoms with Crippen molar-refractivity contribution >= 4 is 27.2 Å². The van der Waals surface area contributed by atoms with E-state index in [0.717, 1.165) is 6.26 Å². The molecule has 7 nitrogen and oxygen atoms in total. The number of pyridine rings is 1. The first-order valence-electron chi connectivity index (χ1n) is 6.26. The molecule has 116 valence electrons. The lowest BCUT2D eigenvalue weighted by atomic mass is 10.3. The lowest BCUT2D eigenvalue weighted by Crippen LogP contribution is -2.19. The molecule has 0 saturated carbocycles. The highest BCUT2D eigenvalue weighted by molar-refractivity contribution is 7.90. The molecule has 0 fully saturated rings. The van der Waals surface area contributed by atoms with Crippen molar-refractivity contribution in [3.63, 3.8) is 0 Å². The Hall–Kier alpha value is -2.61. The zero-order valence-corrected chi connectivity index (χ0v) is 12.8. The number of hydrogen-bond donors (Lipinski definition) is 2. The fraction of sp³-hybridized carbons (Fsp3) is 0.143. The van der Waals surface area contributed by atoms with E-state index in [9.17, 15) is 13.2 Å². The van der Waals surface area contributed by atoms with Gasteiger partial charge in [0.1, 0.15) is 0 Å². The lowest BCUT2D eigenvalue weighted by Gasteiger charge is -2.08. The zero-order chi connectivity index (χ0) is 16.2. The van der Waals surface area contributed by atoms with E-state index in [1.165, 1.54) is 25.4 Å². The molecule has 2 N–H and O–H groups in total. The Bertz CT molecular complexity index is 773. The van der Waals surface area contributed by atoms with Crippen molar-refractivity contribution in [1.82, 2.24) is 4.98 Å². The molecule has 0 unspecified atom stereocenters. The van der Waals surface area contributed by atoms with Crippen LogP contribution in [0.2, 0.25) is 0 Å². The Labute approximate surface area is 128 Å². The number of urea groups is 1. The smallest absolute Gasteiger partial charge is 0.323 e. The summed E-state index contributed by atoms with van der Waals surface area (Å²) < 4.78 is 27.9. The number of benzene rings is 1. The average Bonchev–Trinajstić information content (AvgIpc) is 2.47. The minimum Gasteiger partial charge on any atom is -0.481 e. The second kappa shape index (κ2) is 6.44. The van der Waals surface area contributed by atoms with E-state index in [4.69, 9.17) is 4.74 Å². The van der Waals surface area contributed by atoms with Crippen molar-refractivity contribution in [3.8, 4) is 5.88 Å². The maximum atomic E-state index is 11.9. The Balaban J connectivity index is 2.05. The second-order valence-electron chi connectivity index (χ2n) is 4.47. The molecular weight excluding hydrogens is 306 g/mol. The van der Waals surface area contributed by atoms with Gasteiger partial charge in [-0.3, -0.25) is 0 Å². The highest BCUT2D eigenvalue weighted by atomic mass is 32.2. The molecular formula is C14H15N3O4S. The summed E-state index contributed by atoms with van der Waals surface area (Å²) in [4.78, 5) is 16.0. The van der Waals surface area contributed by atoms with Gasteiger partial charge in [0.15, 0.2) is 9.84 Å². The monoisotopic (exact) mass is 321 g/mol. The summed E-state index contributed by atoms with van der Waals surface area (Å²) in [7, 11) is -1.83. The quantitative estimate of drug-likeness (QED) is 0.899. The van der Waals surface area contributed by atoms with Crippen molar-refractivity contribution in [2.75, 3.05) is 24.0 Å². The van der Waals surface area contributed by atoms with Crippen LogP contribution in [0.4, 0.5) is 16.2 Å². The van der Waals surface area contributed by atoms with E-state index in [1.807, 2.05) is 0 Å². The number of methoxy groups -OCH3 is 1. The number of sulfone groups is 1. The molecule has 2 rings (SSSR count). The molecule has 2 aromatic rings. The van der Waals surface area contributed by atoms with E-state index >= 15 is 0 Å². The van der Waals surface area contributed by atoms with Crippen molar-refractivity contribution in [2.24, 2.45) is 0 Å². The van der Waals surface area contributed by atoms with Crippen molar-refractivity contribution < 1.29 is 17.9 Å². The van der Waals surface area contributed by atoms with Crippen LogP contribution in [0, 0.1) is 0 Å². The van der Waals surface area contributed by atoms with Gasteiger partial charge in [-0.25, -0.2) is 18.2 Å². The molecule has 0 bridgehead atoms. The number of aromatic nitrogens is 1. The SMILES string of the molecule is COc1ccc(NC(=O)Nc2cccc(S(C)(=O)=O)c2)cn1. The molecule has 22 heavy (non-hydrogen) atoms. The Morgan fingerprint density at radius 3 is 2.45 bits per heavy atom. The summed E-state index contributed by atoms with van der Waals surface area (Å²) >= 11 is 0. The van der Waals surface area contributed by atoms with Crippen LogP contribution < -0.4 is 15.4 Å². The highest BCUT2D eigenvalue weighted by Gasteiger charge is 2.09. The van der Waals surface area contributed by atoms with Gasteiger partial charge >= 0.3 is 6.03 Å². The number of rotatable bonds is 4. The Morgan fingerprint density at radius 1 is 1.14 bits per heavy atom. The first-order chi connectivity index (χ1) is 10.4. The van der Waals surface area contributed by atoms with Crippen LogP contribution in [0.25, 0.3) is 0 Å². The topological polar surface area (TPSA) is 97.4 Å². The number of nitrogens with one attached hydrogen (secondary N) is 2. The fourth-order valence-corrected chi connectivity index (χ4v) is 2.34. The third-order valence-corrected chi connectivity index (χ3v) is 3.83. The van der Waals surface area contributed by atoms with Gasteiger partial charge in [-0.2, -0.15) is 0 Å². The van der Waals surface area contributed by atoms with Crippen LogP contribution in [-0.4, -0.2) is 32.8 Å². The lowest BCUT2D eigenvalue weighted by molar-refractivity contribution is 0.262. The second-order valence-corrected chi connectivity index (χ2v) is 6.48. The van der Waals surface area contributed by atoms with Crippen LogP contribution in [-0.2, 0) is 9.84 Å². The van der Waals surface area contributed by atoms with Crippen LogP contribution in [0.15, 0.2) is 47.5 Å². The molecule has 0 aliphatic heterocycles. The van der Waals surface area contributed by atoms with Gasteiger partial charge in [-0.05, 0) is 24.3 Å². The average molecular weight is 321 g/mol. The molecule has 0 aliphatic rings. The molecule has 0 radical (unpaired) electrons. The van der Waals surface area contributed by atoms with Gasteiger partial charge in [0.05, 0.1) is 23.9 Å². The van der Waals surface area contributed by atoms with Crippen LogP contribution >= 0.6 is 0 Å². The molecule has 1 aromatic heterocycles. The van der Waals surface area contributed by atoms with E-state index in [-0.39, 0.29) is 4.90 Å². The maximum Gasteiger partial charge on any atom is 0.323 e. The predicted molar refractivity (Wildman–Crippen MR) is 83.0 cm³/mol. The summed E-state index contributed by atoms with van der Waals surface area (Å²) in [6.07, 6.45) is 2.56. The molecule has 1 heterocycles. The number of carbonyl (C=O) groups is 1.